The molecule has 0 amide bonds. The summed E-state index contributed by atoms with van der Waals surface area (Å²) in [5.41, 5.74) is 0. The lowest BCUT2D eigenvalue weighted by atomic mass is 10.0. The molecule has 10 heteroatoms. The first-order chi connectivity index (χ1) is 20.5. The van der Waals surface area contributed by atoms with Gasteiger partial charge in [0, 0.05) is 12.8 Å². The number of esters is 2. The fourth-order valence-corrected chi connectivity index (χ4v) is 4.63. The Bertz CT molecular complexity index is 832. The van der Waals surface area contributed by atoms with E-state index in [0.29, 0.717) is 19.3 Å². The maximum absolute atomic E-state index is 12.2. The third kappa shape index (κ3) is 31.5. The van der Waals surface area contributed by atoms with E-state index >= 15 is 0 Å². The number of carbonyl (C=O) groups excluding carboxylic acids is 2. The van der Waals surface area contributed by atoms with E-state index in [1.54, 1.807) is 6.08 Å². The minimum Gasteiger partial charge on any atom is -0.462 e. The molecule has 3 N–H and O–H groups in total. The molecule has 0 aromatic carbocycles. The van der Waals surface area contributed by atoms with Crippen LogP contribution in [0.15, 0.2) is 36.5 Å². The first-order valence-corrected chi connectivity index (χ1v) is 17.8. The number of hydrogen-bond donors (Lipinski definition) is 3. The fourth-order valence-electron chi connectivity index (χ4n) is 4.27. The molecule has 0 saturated carbocycles. The van der Waals surface area contributed by atoms with Gasteiger partial charge in [0.2, 0.25) is 0 Å². The lowest BCUT2D eigenvalue weighted by Crippen LogP contribution is -2.29. The van der Waals surface area contributed by atoms with E-state index < -0.39 is 38.6 Å². The zero-order valence-corrected chi connectivity index (χ0v) is 27.8. The van der Waals surface area contributed by atoms with E-state index in [1.807, 2.05) is 18.2 Å². The first kappa shape index (κ1) is 41.2. The molecular weight excluding hydrogens is 571 g/mol. The summed E-state index contributed by atoms with van der Waals surface area (Å²) in [5, 5.41) is 10.0. The zero-order valence-electron chi connectivity index (χ0n) is 26.9. The van der Waals surface area contributed by atoms with Crippen molar-refractivity contribution in [2.24, 2.45) is 5.92 Å². The molecule has 250 valence electrons. The first-order valence-electron chi connectivity index (χ1n) is 16.2. The van der Waals surface area contributed by atoms with Gasteiger partial charge in [0.25, 0.3) is 0 Å². The number of aliphatic hydroxyl groups is 1. The molecule has 43 heavy (non-hydrogen) atoms. The van der Waals surface area contributed by atoms with Gasteiger partial charge in [0.05, 0.1) is 12.7 Å². The number of ether oxygens (including phenoxy) is 2. The molecule has 0 aliphatic rings. The summed E-state index contributed by atoms with van der Waals surface area (Å²) in [6.45, 7) is 5.65. The third-order valence-electron chi connectivity index (χ3n) is 6.71. The Labute approximate surface area is 260 Å². The van der Waals surface area contributed by atoms with Gasteiger partial charge in [0.15, 0.2) is 6.10 Å². The molecule has 1 unspecified atom stereocenters. The van der Waals surface area contributed by atoms with Crippen molar-refractivity contribution in [3.63, 3.8) is 0 Å². The van der Waals surface area contributed by atoms with Crippen LogP contribution in [0.3, 0.4) is 0 Å². The van der Waals surface area contributed by atoms with Crippen LogP contribution in [-0.4, -0.2) is 52.3 Å². The van der Waals surface area contributed by atoms with Crippen LogP contribution in [0.2, 0.25) is 0 Å². The average Bonchev–Trinajstić information content (AvgIpc) is 2.94. The number of allylic oxidation sites excluding steroid dienone is 5. The number of phosphoric ester groups is 1. The Kier molecular flexibility index (Phi) is 26.6. The zero-order chi connectivity index (χ0) is 32.2. The van der Waals surface area contributed by atoms with Crippen LogP contribution in [0.1, 0.15) is 130 Å². The maximum Gasteiger partial charge on any atom is 0.469 e. The van der Waals surface area contributed by atoms with Crippen molar-refractivity contribution in [2.75, 3.05) is 13.2 Å². The summed E-state index contributed by atoms with van der Waals surface area (Å²) in [5.74, 6) is -0.252. The highest BCUT2D eigenvalue weighted by Gasteiger charge is 2.22. The molecule has 0 saturated heterocycles. The Balaban J connectivity index is 4.13. The minimum atomic E-state index is -4.76. The molecule has 0 radical (unpaired) electrons. The maximum atomic E-state index is 12.2. The highest BCUT2D eigenvalue weighted by atomic mass is 31.2. The predicted octanol–water partition coefficient (Wildman–Crippen LogP) is 7.89. The van der Waals surface area contributed by atoms with E-state index in [4.69, 9.17) is 19.3 Å². The van der Waals surface area contributed by atoms with Crippen LogP contribution in [0.4, 0.5) is 0 Å². The quantitative estimate of drug-likeness (QED) is 0.0259. The summed E-state index contributed by atoms with van der Waals surface area (Å²) in [6, 6.07) is 0. The predicted molar refractivity (Wildman–Crippen MR) is 171 cm³/mol. The fraction of sp³-hybridized carbons (Fsp3) is 0.758. The van der Waals surface area contributed by atoms with Gasteiger partial charge in [-0.3, -0.25) is 14.1 Å². The SMILES string of the molecule is CC/C=C/C/C=C/C=C/C(O)CCCCCCCC(=O)OC[C@H](COP(=O)(O)O)OC(=O)CCCCCCCCC(C)C. The van der Waals surface area contributed by atoms with Crippen molar-refractivity contribution < 1.29 is 43.0 Å². The molecule has 0 fully saturated rings. The molecule has 0 rings (SSSR count). The second-order valence-corrected chi connectivity index (χ2v) is 12.7. The van der Waals surface area contributed by atoms with Gasteiger partial charge in [-0.25, -0.2) is 4.57 Å². The number of unbranched alkanes of at least 4 members (excludes halogenated alkanes) is 9. The van der Waals surface area contributed by atoms with Crippen molar-refractivity contribution in [1.82, 2.24) is 0 Å². The monoisotopic (exact) mass is 630 g/mol. The molecule has 0 aromatic heterocycles. The van der Waals surface area contributed by atoms with Crippen molar-refractivity contribution >= 4 is 19.8 Å². The van der Waals surface area contributed by atoms with Crippen LogP contribution in [0.5, 0.6) is 0 Å². The van der Waals surface area contributed by atoms with Gasteiger partial charge in [-0.1, -0.05) is 121 Å². The summed E-state index contributed by atoms with van der Waals surface area (Å²) >= 11 is 0. The second kappa shape index (κ2) is 27.8. The molecule has 0 bridgehead atoms. The minimum absolute atomic E-state index is 0.188. The Morgan fingerprint density at radius 2 is 1.33 bits per heavy atom. The van der Waals surface area contributed by atoms with Crippen LogP contribution < -0.4 is 0 Å². The van der Waals surface area contributed by atoms with Gasteiger partial charge in [-0.15, -0.1) is 0 Å². The van der Waals surface area contributed by atoms with E-state index in [-0.39, 0.29) is 19.4 Å². The number of aliphatic hydroxyl groups excluding tert-OH is 1. The van der Waals surface area contributed by atoms with Gasteiger partial charge in [0.1, 0.15) is 6.61 Å². The standard InChI is InChI=1S/C33H59O9P/c1-4-5-6-7-8-13-18-23-30(34)24-19-14-11-16-20-25-32(35)40-27-31(28-41-43(37,38)39)42-33(36)26-21-15-10-9-12-17-22-29(2)3/h5-6,8,13,18,23,29-31,34H,4,7,9-12,14-17,19-22,24-28H2,1-3H3,(H2,37,38,39)/b6-5+,13-8+,23-18+/t30?,31-/m1/s1. The lowest BCUT2D eigenvalue weighted by molar-refractivity contribution is -0.161. The molecule has 0 spiro atoms. The van der Waals surface area contributed by atoms with Crippen molar-refractivity contribution in [2.45, 2.75) is 142 Å². The number of phosphoric acid groups is 1. The molecule has 0 aromatic rings. The second-order valence-electron chi connectivity index (χ2n) is 11.4. The van der Waals surface area contributed by atoms with Gasteiger partial charge >= 0.3 is 19.8 Å². The number of hydrogen-bond acceptors (Lipinski definition) is 7. The molecule has 0 aliphatic carbocycles. The Hall–Kier alpha value is -1.77. The lowest BCUT2D eigenvalue weighted by Gasteiger charge is -2.18. The van der Waals surface area contributed by atoms with Crippen molar-refractivity contribution in [3.8, 4) is 0 Å². The van der Waals surface area contributed by atoms with Crippen LogP contribution in [-0.2, 0) is 28.2 Å². The molecule has 9 nitrogen and oxygen atoms in total. The summed E-state index contributed by atoms with van der Waals surface area (Å²) in [7, 11) is -4.76. The molecule has 0 heterocycles. The van der Waals surface area contributed by atoms with Gasteiger partial charge in [-0.05, 0) is 38.0 Å². The Morgan fingerprint density at radius 1 is 0.744 bits per heavy atom. The normalized spacial score (nSPS) is 13.8. The van der Waals surface area contributed by atoms with Crippen molar-refractivity contribution in [1.29, 1.82) is 0 Å². The molecule has 0 aliphatic heterocycles. The highest BCUT2D eigenvalue weighted by molar-refractivity contribution is 7.46. The smallest absolute Gasteiger partial charge is 0.462 e. The Morgan fingerprint density at radius 3 is 1.93 bits per heavy atom. The summed E-state index contributed by atoms with van der Waals surface area (Å²) in [6.07, 6.45) is 25.0. The molecular formula is C33H59O9P. The summed E-state index contributed by atoms with van der Waals surface area (Å²) < 4.78 is 26.1. The summed E-state index contributed by atoms with van der Waals surface area (Å²) in [4.78, 5) is 42.4. The van der Waals surface area contributed by atoms with E-state index in [2.05, 4.69) is 37.4 Å². The van der Waals surface area contributed by atoms with E-state index in [9.17, 15) is 19.3 Å². The van der Waals surface area contributed by atoms with Crippen molar-refractivity contribution in [3.05, 3.63) is 36.5 Å². The topological polar surface area (TPSA) is 140 Å². The average molecular weight is 631 g/mol. The van der Waals surface area contributed by atoms with E-state index in [0.717, 1.165) is 63.7 Å². The third-order valence-corrected chi connectivity index (χ3v) is 7.19. The largest absolute Gasteiger partial charge is 0.469 e. The van der Waals surface area contributed by atoms with Crippen LogP contribution in [0.25, 0.3) is 0 Å². The van der Waals surface area contributed by atoms with Gasteiger partial charge in [-0.2, -0.15) is 0 Å². The van der Waals surface area contributed by atoms with Crippen LogP contribution in [0, 0.1) is 5.92 Å². The number of carbonyl (C=O) groups is 2. The van der Waals surface area contributed by atoms with E-state index in [1.165, 1.54) is 19.3 Å². The number of rotatable bonds is 28. The van der Waals surface area contributed by atoms with Gasteiger partial charge < -0.3 is 24.4 Å². The molecule has 2 atom stereocenters. The highest BCUT2D eigenvalue weighted by Crippen LogP contribution is 2.35. The van der Waals surface area contributed by atoms with Crippen LogP contribution >= 0.6 is 7.82 Å².